The minimum atomic E-state index is 1.23. The van der Waals surface area contributed by atoms with Gasteiger partial charge >= 0.3 is 0 Å². The summed E-state index contributed by atoms with van der Waals surface area (Å²) in [6.07, 6.45) is 18.5. The summed E-state index contributed by atoms with van der Waals surface area (Å²) in [5, 5.41) is 0. The Morgan fingerprint density at radius 2 is 1.30 bits per heavy atom. The number of unbranched alkanes of at least 4 members (excludes halogenated alkanes) is 9. The first-order valence-corrected chi connectivity index (χ1v) is 8.56. The lowest BCUT2D eigenvalue weighted by Crippen LogP contribution is -1.80. The molecule has 0 heteroatoms. The summed E-state index contributed by atoms with van der Waals surface area (Å²) in [6, 6.07) is 8.75. The van der Waals surface area contributed by atoms with Gasteiger partial charge in [0.15, 0.2) is 0 Å². The van der Waals surface area contributed by atoms with E-state index < -0.39 is 0 Å². The minimum absolute atomic E-state index is 1.23. The van der Waals surface area contributed by atoms with Gasteiger partial charge < -0.3 is 0 Å². The largest absolute Gasteiger partial charge is 0.0839 e. The molecule has 0 nitrogen and oxygen atoms in total. The average molecular weight is 272 g/mol. The molecule has 0 amide bonds. The smallest absolute Gasteiger partial charge is 0.0260 e. The molecule has 0 aliphatic heterocycles. The third-order valence-corrected chi connectivity index (χ3v) is 3.86. The molecule has 0 atom stereocenters. The zero-order valence-corrected chi connectivity index (χ0v) is 13.5. The van der Waals surface area contributed by atoms with Crippen LogP contribution >= 0.6 is 0 Å². The number of hydrogen-bond acceptors (Lipinski definition) is 0. The summed E-state index contributed by atoms with van der Waals surface area (Å²) in [5.74, 6) is 0. The molecular formula is C20H32. The van der Waals surface area contributed by atoms with E-state index in [0.717, 1.165) is 0 Å². The van der Waals surface area contributed by atoms with Crippen molar-refractivity contribution in [3.8, 4) is 0 Å². The molecule has 1 aromatic carbocycles. The fourth-order valence-electron chi connectivity index (χ4n) is 2.47. The average Bonchev–Trinajstić information content (AvgIpc) is 2.47. The van der Waals surface area contributed by atoms with Gasteiger partial charge in [0, 0.05) is 0 Å². The van der Waals surface area contributed by atoms with Gasteiger partial charge in [-0.3, -0.25) is 0 Å². The van der Waals surface area contributed by atoms with E-state index in [9.17, 15) is 0 Å². The topological polar surface area (TPSA) is 0 Å². The van der Waals surface area contributed by atoms with Crippen molar-refractivity contribution in [3.63, 3.8) is 0 Å². The lowest BCUT2D eigenvalue weighted by atomic mass is 10.1. The monoisotopic (exact) mass is 272 g/mol. The van der Waals surface area contributed by atoms with Gasteiger partial charge in [-0.2, -0.15) is 0 Å². The van der Waals surface area contributed by atoms with Gasteiger partial charge in [0.1, 0.15) is 0 Å². The summed E-state index contributed by atoms with van der Waals surface area (Å²) < 4.78 is 0. The van der Waals surface area contributed by atoms with Crippen molar-refractivity contribution in [2.45, 2.75) is 78.1 Å². The molecule has 0 saturated carbocycles. The Morgan fingerprint density at radius 1 is 0.750 bits per heavy atom. The number of benzene rings is 1. The molecule has 0 radical (unpaired) electrons. The molecule has 0 aliphatic carbocycles. The standard InChI is InChI=1S/C20H32/c1-3-4-5-6-7-8-9-10-11-12-13-14-20-17-15-19(2)16-18-20/h13-18H,3-12H2,1-2H3/b14-13+. The third-order valence-electron chi connectivity index (χ3n) is 3.86. The highest BCUT2D eigenvalue weighted by atomic mass is 14.0. The van der Waals surface area contributed by atoms with E-state index in [1.165, 1.54) is 75.3 Å². The molecule has 0 saturated heterocycles. The van der Waals surface area contributed by atoms with Crippen molar-refractivity contribution in [1.82, 2.24) is 0 Å². The number of hydrogen-bond donors (Lipinski definition) is 0. The Bertz CT molecular complexity index is 345. The fourth-order valence-corrected chi connectivity index (χ4v) is 2.47. The maximum atomic E-state index is 2.33. The van der Waals surface area contributed by atoms with Crippen LogP contribution in [0.3, 0.4) is 0 Å². The van der Waals surface area contributed by atoms with Gasteiger partial charge in [-0.25, -0.2) is 0 Å². The molecule has 0 bridgehead atoms. The first-order valence-electron chi connectivity index (χ1n) is 8.56. The van der Waals surface area contributed by atoms with Crippen molar-refractivity contribution < 1.29 is 0 Å². The van der Waals surface area contributed by atoms with Crippen molar-refractivity contribution in [3.05, 3.63) is 41.5 Å². The number of aryl methyl sites for hydroxylation is 1. The highest BCUT2D eigenvalue weighted by Crippen LogP contribution is 2.11. The van der Waals surface area contributed by atoms with Gasteiger partial charge in [-0.15, -0.1) is 0 Å². The summed E-state index contributed by atoms with van der Waals surface area (Å²) in [4.78, 5) is 0. The van der Waals surface area contributed by atoms with Gasteiger partial charge in [-0.05, 0) is 25.3 Å². The van der Waals surface area contributed by atoms with Crippen LogP contribution in [0, 0.1) is 6.92 Å². The van der Waals surface area contributed by atoms with Crippen LogP contribution in [0.15, 0.2) is 30.3 Å². The van der Waals surface area contributed by atoms with Crippen molar-refractivity contribution >= 4 is 6.08 Å². The quantitative estimate of drug-likeness (QED) is 0.383. The Kier molecular flexibility index (Phi) is 10.0. The maximum absolute atomic E-state index is 2.33. The van der Waals surface area contributed by atoms with E-state index in [4.69, 9.17) is 0 Å². The van der Waals surface area contributed by atoms with Crippen LogP contribution in [-0.4, -0.2) is 0 Å². The zero-order chi connectivity index (χ0) is 14.5. The summed E-state index contributed by atoms with van der Waals surface area (Å²) >= 11 is 0. The summed E-state index contributed by atoms with van der Waals surface area (Å²) in [5.41, 5.74) is 2.66. The number of rotatable bonds is 11. The molecular weight excluding hydrogens is 240 g/mol. The first-order chi connectivity index (χ1) is 9.83. The summed E-state index contributed by atoms with van der Waals surface area (Å²) in [7, 11) is 0. The Labute approximate surface area is 126 Å². The van der Waals surface area contributed by atoms with Crippen molar-refractivity contribution in [2.75, 3.05) is 0 Å². The Morgan fingerprint density at radius 3 is 1.90 bits per heavy atom. The normalized spacial score (nSPS) is 11.3. The van der Waals surface area contributed by atoms with E-state index in [0.29, 0.717) is 0 Å². The van der Waals surface area contributed by atoms with Crippen molar-refractivity contribution in [1.29, 1.82) is 0 Å². The van der Waals surface area contributed by atoms with Gasteiger partial charge in [0.2, 0.25) is 0 Å². The van der Waals surface area contributed by atoms with E-state index in [-0.39, 0.29) is 0 Å². The molecule has 0 heterocycles. The molecule has 1 aromatic rings. The first kappa shape index (κ1) is 17.0. The molecule has 0 spiro atoms. The van der Waals surface area contributed by atoms with Crippen LogP contribution in [0.2, 0.25) is 0 Å². The second-order valence-corrected chi connectivity index (χ2v) is 5.93. The van der Waals surface area contributed by atoms with Crippen LogP contribution in [0.25, 0.3) is 6.08 Å². The molecule has 0 aliphatic rings. The van der Waals surface area contributed by atoms with Gasteiger partial charge in [0.05, 0.1) is 0 Å². The fraction of sp³-hybridized carbons (Fsp3) is 0.600. The second-order valence-electron chi connectivity index (χ2n) is 5.93. The van der Waals surface area contributed by atoms with E-state index in [2.05, 4.69) is 50.3 Å². The summed E-state index contributed by atoms with van der Waals surface area (Å²) in [6.45, 7) is 4.42. The predicted molar refractivity (Wildman–Crippen MR) is 92.1 cm³/mol. The van der Waals surface area contributed by atoms with Crippen LogP contribution in [-0.2, 0) is 0 Å². The predicted octanol–water partition coefficient (Wildman–Crippen LogP) is 6.93. The molecule has 0 N–H and O–H groups in total. The third kappa shape index (κ3) is 8.96. The molecule has 0 fully saturated rings. The zero-order valence-electron chi connectivity index (χ0n) is 13.5. The van der Waals surface area contributed by atoms with Gasteiger partial charge in [0.25, 0.3) is 0 Å². The van der Waals surface area contributed by atoms with Crippen LogP contribution in [0.1, 0.15) is 82.3 Å². The van der Waals surface area contributed by atoms with E-state index in [1.54, 1.807) is 0 Å². The SMILES string of the molecule is CCCCCCCCCCC/C=C/c1ccc(C)cc1. The lowest BCUT2D eigenvalue weighted by Gasteiger charge is -2.00. The maximum Gasteiger partial charge on any atom is -0.0260 e. The second kappa shape index (κ2) is 11.8. The Hall–Kier alpha value is -1.04. The number of allylic oxidation sites excluding steroid dienone is 1. The molecule has 112 valence electrons. The van der Waals surface area contributed by atoms with Crippen molar-refractivity contribution in [2.24, 2.45) is 0 Å². The Balaban J connectivity index is 1.93. The van der Waals surface area contributed by atoms with Gasteiger partial charge in [-0.1, -0.05) is 100 Å². The molecule has 1 rings (SSSR count). The molecule has 0 unspecified atom stereocenters. The van der Waals surface area contributed by atoms with Crippen LogP contribution < -0.4 is 0 Å². The minimum Gasteiger partial charge on any atom is -0.0839 e. The lowest BCUT2D eigenvalue weighted by molar-refractivity contribution is 0.566. The molecule has 20 heavy (non-hydrogen) atoms. The van der Waals surface area contributed by atoms with E-state index >= 15 is 0 Å². The highest BCUT2D eigenvalue weighted by Gasteiger charge is 1.91. The van der Waals surface area contributed by atoms with Crippen LogP contribution in [0.4, 0.5) is 0 Å². The highest BCUT2D eigenvalue weighted by molar-refractivity contribution is 5.49. The van der Waals surface area contributed by atoms with Crippen LogP contribution in [0.5, 0.6) is 0 Å². The van der Waals surface area contributed by atoms with E-state index in [1.807, 2.05) is 0 Å². The molecule has 0 aromatic heterocycles.